The Labute approximate surface area is 181 Å². The first kappa shape index (κ1) is 22.2. The zero-order valence-corrected chi connectivity index (χ0v) is 19.3. The Bertz CT molecular complexity index is 875. The van der Waals surface area contributed by atoms with Crippen molar-refractivity contribution in [3.63, 3.8) is 0 Å². The van der Waals surface area contributed by atoms with Crippen molar-refractivity contribution in [3.8, 4) is 5.75 Å². The molecule has 1 aliphatic rings. The lowest BCUT2D eigenvalue weighted by Crippen LogP contribution is -2.38. The number of amides is 1. The number of benzene rings is 2. The monoisotopic (exact) mass is 408 g/mol. The predicted molar refractivity (Wildman–Crippen MR) is 124 cm³/mol. The molecule has 30 heavy (non-hydrogen) atoms. The molecule has 2 aromatic carbocycles. The van der Waals surface area contributed by atoms with E-state index in [0.29, 0.717) is 0 Å². The van der Waals surface area contributed by atoms with Crippen LogP contribution in [0.5, 0.6) is 5.75 Å². The van der Waals surface area contributed by atoms with Crippen molar-refractivity contribution >= 4 is 11.6 Å². The summed E-state index contributed by atoms with van der Waals surface area (Å²) >= 11 is 0. The van der Waals surface area contributed by atoms with E-state index in [-0.39, 0.29) is 11.9 Å². The molecular formula is C26H36N2O2. The maximum atomic E-state index is 12.7. The van der Waals surface area contributed by atoms with Crippen molar-refractivity contribution < 1.29 is 9.53 Å². The van der Waals surface area contributed by atoms with Crippen molar-refractivity contribution in [2.24, 2.45) is 5.92 Å². The zero-order chi connectivity index (χ0) is 21.8. The Morgan fingerprint density at radius 2 is 1.83 bits per heavy atom. The number of piperidine rings is 1. The highest BCUT2D eigenvalue weighted by molar-refractivity contribution is 5.81. The molecule has 0 unspecified atom stereocenters. The van der Waals surface area contributed by atoms with Gasteiger partial charge in [0.1, 0.15) is 5.75 Å². The van der Waals surface area contributed by atoms with Gasteiger partial charge in [-0.15, -0.1) is 0 Å². The van der Waals surface area contributed by atoms with Gasteiger partial charge >= 0.3 is 0 Å². The highest BCUT2D eigenvalue weighted by Crippen LogP contribution is 2.26. The maximum absolute atomic E-state index is 12.7. The van der Waals surface area contributed by atoms with E-state index in [1.54, 1.807) is 6.92 Å². The third kappa shape index (κ3) is 5.35. The van der Waals surface area contributed by atoms with E-state index in [1.165, 1.54) is 24.1 Å². The minimum absolute atomic E-state index is 0.0711. The predicted octanol–water partition coefficient (Wildman–Crippen LogP) is 5.49. The number of ether oxygens (including phenoxy) is 1. The van der Waals surface area contributed by atoms with Gasteiger partial charge in [-0.05, 0) is 93.8 Å². The molecule has 0 aliphatic carbocycles. The van der Waals surface area contributed by atoms with E-state index in [2.05, 4.69) is 54.4 Å². The van der Waals surface area contributed by atoms with Gasteiger partial charge in [-0.1, -0.05) is 25.1 Å². The summed E-state index contributed by atoms with van der Waals surface area (Å²) in [4.78, 5) is 15.2. The molecule has 1 aliphatic heterocycles. The van der Waals surface area contributed by atoms with Crippen molar-refractivity contribution in [1.29, 1.82) is 0 Å². The van der Waals surface area contributed by atoms with Crippen LogP contribution >= 0.6 is 0 Å². The van der Waals surface area contributed by atoms with Gasteiger partial charge < -0.3 is 15.0 Å². The second-order valence-corrected chi connectivity index (χ2v) is 8.98. The molecule has 0 radical (unpaired) electrons. The fourth-order valence-corrected chi connectivity index (χ4v) is 4.18. The molecular weight excluding hydrogens is 372 g/mol. The molecule has 1 saturated heterocycles. The van der Waals surface area contributed by atoms with Crippen LogP contribution in [0.1, 0.15) is 61.9 Å². The van der Waals surface area contributed by atoms with E-state index in [0.717, 1.165) is 41.4 Å². The number of hydrogen-bond acceptors (Lipinski definition) is 3. The minimum Gasteiger partial charge on any atom is -0.481 e. The SMILES string of the molecule is Cc1cc(C)c(C)c(O[C@H](C)C(=O)N[C@@H](C)c2ccc(N3CCC[C@H](C)C3)cc2)c1. The van der Waals surface area contributed by atoms with Crippen molar-refractivity contribution in [3.05, 3.63) is 58.7 Å². The molecule has 162 valence electrons. The van der Waals surface area contributed by atoms with Gasteiger partial charge in [0.25, 0.3) is 5.91 Å². The third-order valence-electron chi connectivity index (χ3n) is 6.21. The number of nitrogens with zero attached hydrogens (tertiary/aromatic N) is 1. The summed E-state index contributed by atoms with van der Waals surface area (Å²) in [6, 6.07) is 12.7. The fraction of sp³-hybridized carbons (Fsp3) is 0.500. The van der Waals surface area contributed by atoms with Crippen LogP contribution in [0.2, 0.25) is 0 Å². The highest BCUT2D eigenvalue weighted by atomic mass is 16.5. The summed E-state index contributed by atoms with van der Waals surface area (Å²) in [5, 5.41) is 3.09. The second-order valence-electron chi connectivity index (χ2n) is 8.98. The fourth-order valence-electron chi connectivity index (χ4n) is 4.18. The first-order valence-electron chi connectivity index (χ1n) is 11.1. The lowest BCUT2D eigenvalue weighted by molar-refractivity contribution is -0.127. The Morgan fingerprint density at radius 3 is 2.50 bits per heavy atom. The molecule has 3 atom stereocenters. The van der Waals surface area contributed by atoms with Crippen LogP contribution in [0, 0.1) is 26.7 Å². The largest absolute Gasteiger partial charge is 0.481 e. The van der Waals surface area contributed by atoms with Crippen LogP contribution in [0.25, 0.3) is 0 Å². The van der Waals surface area contributed by atoms with Gasteiger partial charge in [0, 0.05) is 18.8 Å². The standard InChI is InChI=1S/C26H36N2O2/c1-17-8-7-13-28(16-17)24-11-9-23(10-12-24)21(5)27-26(29)22(6)30-25-15-18(2)14-19(3)20(25)4/h9-12,14-15,17,21-22H,7-8,13,16H2,1-6H3,(H,27,29)/t17-,21-,22+/m0/s1. The number of hydrogen-bond donors (Lipinski definition) is 1. The number of anilines is 1. The molecule has 1 amide bonds. The molecule has 0 spiro atoms. The van der Waals surface area contributed by atoms with Crippen LogP contribution in [-0.4, -0.2) is 25.1 Å². The average Bonchev–Trinajstić information content (AvgIpc) is 2.71. The molecule has 4 nitrogen and oxygen atoms in total. The normalized spacial score (nSPS) is 18.6. The van der Waals surface area contributed by atoms with E-state index < -0.39 is 6.10 Å². The van der Waals surface area contributed by atoms with Crippen molar-refractivity contribution in [1.82, 2.24) is 5.32 Å². The second kappa shape index (κ2) is 9.55. The Kier molecular flexibility index (Phi) is 7.06. The lowest BCUT2D eigenvalue weighted by Gasteiger charge is -2.33. The molecule has 0 aromatic heterocycles. The van der Waals surface area contributed by atoms with Gasteiger partial charge in [0.15, 0.2) is 6.10 Å². The number of carbonyl (C=O) groups excluding carboxylic acids is 1. The number of aryl methyl sites for hydroxylation is 2. The Morgan fingerprint density at radius 1 is 1.13 bits per heavy atom. The topological polar surface area (TPSA) is 41.6 Å². The lowest BCUT2D eigenvalue weighted by atomic mass is 9.99. The van der Waals surface area contributed by atoms with Crippen LogP contribution in [-0.2, 0) is 4.79 Å². The van der Waals surface area contributed by atoms with Crippen LogP contribution in [0.3, 0.4) is 0 Å². The maximum Gasteiger partial charge on any atom is 0.261 e. The molecule has 1 heterocycles. The molecule has 3 rings (SSSR count). The van der Waals surface area contributed by atoms with Gasteiger partial charge in [0.2, 0.25) is 0 Å². The number of nitrogens with one attached hydrogen (secondary N) is 1. The summed E-state index contributed by atoms with van der Waals surface area (Å²) in [5.74, 6) is 1.43. The smallest absolute Gasteiger partial charge is 0.261 e. The molecule has 4 heteroatoms. The van der Waals surface area contributed by atoms with Crippen LogP contribution in [0.15, 0.2) is 36.4 Å². The van der Waals surface area contributed by atoms with Gasteiger partial charge in [-0.2, -0.15) is 0 Å². The third-order valence-corrected chi connectivity index (χ3v) is 6.21. The summed E-state index contributed by atoms with van der Waals surface area (Å²) in [7, 11) is 0. The van der Waals surface area contributed by atoms with Crippen molar-refractivity contribution in [2.45, 2.75) is 66.5 Å². The van der Waals surface area contributed by atoms with Crippen molar-refractivity contribution in [2.75, 3.05) is 18.0 Å². The first-order valence-corrected chi connectivity index (χ1v) is 11.1. The molecule has 0 saturated carbocycles. The van der Waals surface area contributed by atoms with E-state index in [4.69, 9.17) is 4.74 Å². The number of carbonyl (C=O) groups is 1. The average molecular weight is 409 g/mol. The Hall–Kier alpha value is -2.49. The summed E-state index contributed by atoms with van der Waals surface area (Å²) in [5.41, 5.74) is 5.76. The summed E-state index contributed by atoms with van der Waals surface area (Å²) in [6.07, 6.45) is 2.02. The number of rotatable bonds is 6. The van der Waals surface area contributed by atoms with E-state index in [9.17, 15) is 4.79 Å². The molecule has 2 aromatic rings. The minimum atomic E-state index is -0.554. The van der Waals surface area contributed by atoms with E-state index >= 15 is 0 Å². The Balaban J connectivity index is 1.59. The summed E-state index contributed by atoms with van der Waals surface area (Å²) < 4.78 is 6.00. The summed E-state index contributed by atoms with van der Waals surface area (Å²) in [6.45, 7) is 14.5. The first-order chi connectivity index (χ1) is 14.2. The molecule has 0 bridgehead atoms. The van der Waals surface area contributed by atoms with Gasteiger partial charge in [-0.25, -0.2) is 0 Å². The molecule has 1 N–H and O–H groups in total. The highest BCUT2D eigenvalue weighted by Gasteiger charge is 2.20. The van der Waals surface area contributed by atoms with Gasteiger partial charge in [0.05, 0.1) is 6.04 Å². The molecule has 1 fully saturated rings. The van der Waals surface area contributed by atoms with E-state index in [1.807, 2.05) is 26.8 Å². The van der Waals surface area contributed by atoms with Gasteiger partial charge in [-0.3, -0.25) is 4.79 Å². The zero-order valence-electron chi connectivity index (χ0n) is 19.3. The van der Waals surface area contributed by atoms with Crippen LogP contribution in [0.4, 0.5) is 5.69 Å². The van der Waals surface area contributed by atoms with Crippen LogP contribution < -0.4 is 15.0 Å². The quantitative estimate of drug-likeness (QED) is 0.687.